The Labute approximate surface area is 206 Å². The standard InChI is InChI=1S/C29H31NO5/c1-5-9-28(32)30-27(21(2)31)20-35-29(22-10-7-6-8-11-22,23-12-16-25(33-3)17-13-23)24-14-18-26(34-4)19-15-24/h1,6-8,10-19,21,27,31H,9,20H2,2-4H3,(H,30,32)/t21-,27-/m1/s1. The molecule has 6 nitrogen and oxygen atoms in total. The fourth-order valence-corrected chi connectivity index (χ4v) is 3.94. The van der Waals surface area contributed by atoms with Gasteiger partial charge in [0.15, 0.2) is 0 Å². The summed E-state index contributed by atoms with van der Waals surface area (Å²) in [5.41, 5.74) is 1.54. The molecule has 3 rings (SSSR count). The first-order valence-corrected chi connectivity index (χ1v) is 11.3. The van der Waals surface area contributed by atoms with Gasteiger partial charge in [-0.3, -0.25) is 4.79 Å². The third-order valence-corrected chi connectivity index (χ3v) is 5.84. The maximum absolute atomic E-state index is 12.2. The summed E-state index contributed by atoms with van der Waals surface area (Å²) in [5, 5.41) is 13.2. The number of carbonyl (C=O) groups excluding carboxylic acids is 1. The molecule has 0 heterocycles. The Bertz CT molecular complexity index is 1070. The van der Waals surface area contributed by atoms with Gasteiger partial charge in [-0.25, -0.2) is 0 Å². The molecule has 0 fully saturated rings. The molecule has 0 saturated heterocycles. The highest BCUT2D eigenvalue weighted by molar-refractivity contribution is 5.78. The van der Waals surface area contributed by atoms with Gasteiger partial charge in [0, 0.05) is 0 Å². The van der Waals surface area contributed by atoms with E-state index in [4.69, 9.17) is 20.6 Å². The summed E-state index contributed by atoms with van der Waals surface area (Å²) in [6.45, 7) is 1.63. The SMILES string of the molecule is C#CCC(=O)N[C@H](COC(c1ccccc1)(c1ccc(OC)cc1)c1ccc(OC)cc1)[C@@H](C)O. The lowest BCUT2D eigenvalue weighted by molar-refractivity contribution is -0.123. The molecule has 0 aromatic heterocycles. The van der Waals surface area contributed by atoms with E-state index >= 15 is 0 Å². The maximum Gasteiger partial charge on any atom is 0.232 e. The Morgan fingerprint density at radius 2 is 1.40 bits per heavy atom. The Morgan fingerprint density at radius 1 is 0.914 bits per heavy atom. The molecule has 0 aliphatic carbocycles. The Hall–Kier alpha value is -3.79. The normalized spacial score (nSPS) is 12.8. The van der Waals surface area contributed by atoms with Crippen molar-refractivity contribution >= 4 is 5.91 Å². The molecule has 2 N–H and O–H groups in total. The fraction of sp³-hybridized carbons (Fsp3) is 0.276. The molecule has 35 heavy (non-hydrogen) atoms. The number of benzene rings is 3. The minimum atomic E-state index is -1.05. The summed E-state index contributed by atoms with van der Waals surface area (Å²) in [5.74, 6) is 3.41. The van der Waals surface area contributed by atoms with Crippen molar-refractivity contribution in [3.8, 4) is 23.8 Å². The molecular weight excluding hydrogens is 442 g/mol. The van der Waals surface area contributed by atoms with Gasteiger partial charge < -0.3 is 24.6 Å². The van der Waals surface area contributed by atoms with Crippen molar-refractivity contribution in [2.75, 3.05) is 20.8 Å². The molecule has 0 aliphatic rings. The lowest BCUT2D eigenvalue weighted by Crippen LogP contribution is -2.47. The van der Waals surface area contributed by atoms with E-state index in [0.717, 1.165) is 16.7 Å². The number of nitrogens with one attached hydrogen (secondary N) is 1. The molecule has 0 radical (unpaired) electrons. The van der Waals surface area contributed by atoms with Crippen LogP contribution in [0.2, 0.25) is 0 Å². The molecular formula is C29H31NO5. The molecule has 182 valence electrons. The van der Waals surface area contributed by atoms with Crippen LogP contribution in [0.5, 0.6) is 11.5 Å². The summed E-state index contributed by atoms with van der Waals surface area (Å²) in [6.07, 6.45) is 4.33. The van der Waals surface area contributed by atoms with E-state index in [0.29, 0.717) is 11.5 Å². The van der Waals surface area contributed by atoms with E-state index in [2.05, 4.69) is 11.2 Å². The summed E-state index contributed by atoms with van der Waals surface area (Å²) in [7, 11) is 3.23. The fourth-order valence-electron chi connectivity index (χ4n) is 3.94. The number of ether oxygens (including phenoxy) is 3. The van der Waals surface area contributed by atoms with Gasteiger partial charge in [0.25, 0.3) is 0 Å². The van der Waals surface area contributed by atoms with Gasteiger partial charge in [0.05, 0.1) is 39.4 Å². The summed E-state index contributed by atoms with van der Waals surface area (Å²) in [4.78, 5) is 12.2. The quantitative estimate of drug-likeness (QED) is 0.326. The average Bonchev–Trinajstić information content (AvgIpc) is 2.89. The molecule has 3 aromatic rings. The Morgan fingerprint density at radius 3 is 1.83 bits per heavy atom. The van der Waals surface area contributed by atoms with Crippen molar-refractivity contribution in [2.45, 2.75) is 31.1 Å². The van der Waals surface area contributed by atoms with Crippen molar-refractivity contribution in [1.29, 1.82) is 0 Å². The van der Waals surface area contributed by atoms with Crippen LogP contribution in [-0.4, -0.2) is 44.0 Å². The van der Waals surface area contributed by atoms with Crippen LogP contribution in [0.25, 0.3) is 0 Å². The molecule has 0 aliphatic heterocycles. The second-order valence-electron chi connectivity index (χ2n) is 8.11. The number of methoxy groups -OCH3 is 2. The highest BCUT2D eigenvalue weighted by Gasteiger charge is 2.39. The van der Waals surface area contributed by atoms with Crippen LogP contribution < -0.4 is 14.8 Å². The highest BCUT2D eigenvalue weighted by Crippen LogP contribution is 2.41. The smallest absolute Gasteiger partial charge is 0.232 e. The largest absolute Gasteiger partial charge is 0.497 e. The molecule has 0 bridgehead atoms. The van der Waals surface area contributed by atoms with Gasteiger partial charge in [-0.2, -0.15) is 0 Å². The van der Waals surface area contributed by atoms with Crippen LogP contribution in [0.1, 0.15) is 30.0 Å². The zero-order valence-corrected chi connectivity index (χ0v) is 20.2. The molecule has 1 amide bonds. The van der Waals surface area contributed by atoms with Gasteiger partial charge in [-0.05, 0) is 47.9 Å². The first-order chi connectivity index (χ1) is 16.9. The van der Waals surface area contributed by atoms with Crippen molar-refractivity contribution in [3.63, 3.8) is 0 Å². The lowest BCUT2D eigenvalue weighted by atomic mass is 9.80. The molecule has 0 unspecified atom stereocenters. The minimum Gasteiger partial charge on any atom is -0.497 e. The van der Waals surface area contributed by atoms with Crippen LogP contribution in [0.15, 0.2) is 78.9 Å². The topological polar surface area (TPSA) is 77.0 Å². The maximum atomic E-state index is 12.2. The molecule has 0 spiro atoms. The summed E-state index contributed by atoms with van der Waals surface area (Å²) >= 11 is 0. The van der Waals surface area contributed by atoms with Crippen LogP contribution >= 0.6 is 0 Å². The van der Waals surface area contributed by atoms with Crippen LogP contribution in [0.3, 0.4) is 0 Å². The van der Waals surface area contributed by atoms with E-state index in [9.17, 15) is 9.90 Å². The number of carbonyl (C=O) groups is 1. The van der Waals surface area contributed by atoms with Gasteiger partial charge in [0.1, 0.15) is 17.1 Å². The summed E-state index contributed by atoms with van der Waals surface area (Å²) in [6, 6.07) is 24.4. The van der Waals surface area contributed by atoms with Gasteiger partial charge >= 0.3 is 0 Å². The predicted octanol–water partition coefficient (Wildman–Crippen LogP) is 3.90. The number of aliphatic hydroxyl groups excluding tert-OH is 1. The van der Waals surface area contributed by atoms with E-state index in [-0.39, 0.29) is 18.9 Å². The number of terminal acetylenes is 1. The van der Waals surface area contributed by atoms with E-state index in [1.165, 1.54) is 0 Å². The first-order valence-electron chi connectivity index (χ1n) is 11.3. The van der Waals surface area contributed by atoms with Crippen molar-refractivity contribution in [1.82, 2.24) is 5.32 Å². The first kappa shape index (κ1) is 25.8. The van der Waals surface area contributed by atoms with Crippen LogP contribution in [0.4, 0.5) is 0 Å². The molecule has 2 atom stereocenters. The van der Waals surface area contributed by atoms with E-state index < -0.39 is 17.7 Å². The van der Waals surface area contributed by atoms with Crippen molar-refractivity contribution in [2.24, 2.45) is 0 Å². The number of hydrogen-bond donors (Lipinski definition) is 2. The van der Waals surface area contributed by atoms with E-state index in [1.54, 1.807) is 21.1 Å². The zero-order chi connectivity index (χ0) is 25.3. The third-order valence-electron chi connectivity index (χ3n) is 5.84. The van der Waals surface area contributed by atoms with Crippen LogP contribution in [-0.2, 0) is 15.1 Å². The molecule has 3 aromatic carbocycles. The molecule has 0 saturated carbocycles. The average molecular weight is 474 g/mol. The van der Waals surface area contributed by atoms with E-state index in [1.807, 2.05) is 78.9 Å². The summed E-state index contributed by atoms with van der Waals surface area (Å²) < 4.78 is 17.5. The van der Waals surface area contributed by atoms with Crippen molar-refractivity contribution < 1.29 is 24.1 Å². The monoisotopic (exact) mass is 473 g/mol. The second-order valence-corrected chi connectivity index (χ2v) is 8.11. The predicted molar refractivity (Wildman–Crippen MR) is 135 cm³/mol. The van der Waals surface area contributed by atoms with Gasteiger partial charge in [0.2, 0.25) is 5.91 Å². The number of rotatable bonds is 11. The second kappa shape index (κ2) is 12.1. The van der Waals surface area contributed by atoms with Gasteiger partial charge in [-0.1, -0.05) is 60.5 Å². The van der Waals surface area contributed by atoms with Crippen molar-refractivity contribution in [3.05, 3.63) is 95.6 Å². The minimum absolute atomic E-state index is 0.0287. The van der Waals surface area contributed by atoms with Gasteiger partial charge in [-0.15, -0.1) is 6.42 Å². The molecule has 6 heteroatoms. The third kappa shape index (κ3) is 6.02. The highest BCUT2D eigenvalue weighted by atomic mass is 16.5. The zero-order valence-electron chi connectivity index (χ0n) is 20.2. The number of hydrogen-bond acceptors (Lipinski definition) is 5. The Kier molecular flexibility index (Phi) is 8.91. The number of amides is 1. The Balaban J connectivity index is 2.14. The van der Waals surface area contributed by atoms with Crippen LogP contribution in [0, 0.1) is 12.3 Å². The lowest BCUT2D eigenvalue weighted by Gasteiger charge is -2.37. The number of aliphatic hydroxyl groups is 1.